The van der Waals surface area contributed by atoms with E-state index >= 15 is 0 Å². The first-order valence-corrected chi connectivity index (χ1v) is 10.8. The van der Waals surface area contributed by atoms with Crippen molar-refractivity contribution < 1.29 is 9.50 Å². The first kappa shape index (κ1) is 20.6. The topological polar surface area (TPSA) is 91.5 Å². The molecule has 9 heteroatoms. The van der Waals surface area contributed by atoms with E-state index in [0.717, 1.165) is 16.7 Å². The Labute approximate surface area is 185 Å². The zero-order valence-electron chi connectivity index (χ0n) is 18.4. The summed E-state index contributed by atoms with van der Waals surface area (Å²) in [5.41, 5.74) is 3.45. The number of hydrogen-bond acceptors (Lipinski definition) is 7. The van der Waals surface area contributed by atoms with E-state index in [9.17, 15) is 9.50 Å². The quantitative estimate of drug-likeness (QED) is 0.497. The third kappa shape index (κ3) is 3.95. The summed E-state index contributed by atoms with van der Waals surface area (Å²) in [5.74, 6) is 1.36. The average molecular weight is 436 g/mol. The molecule has 1 saturated heterocycles. The molecule has 1 atom stereocenters. The summed E-state index contributed by atoms with van der Waals surface area (Å²) in [4.78, 5) is 16.1. The molecule has 0 saturated carbocycles. The molecule has 1 fully saturated rings. The Morgan fingerprint density at radius 3 is 2.59 bits per heavy atom. The van der Waals surface area contributed by atoms with E-state index in [4.69, 9.17) is 15.1 Å². The number of para-hydroxylation sites is 2. The largest absolute Gasteiger partial charge is 0.389 e. The number of aliphatic hydroxyl groups is 1. The Balaban J connectivity index is 1.62. The summed E-state index contributed by atoms with van der Waals surface area (Å²) >= 11 is 0. The zero-order valence-corrected chi connectivity index (χ0v) is 18.4. The van der Waals surface area contributed by atoms with Crippen molar-refractivity contribution in [1.29, 1.82) is 0 Å². The lowest BCUT2D eigenvalue weighted by Gasteiger charge is -2.21. The van der Waals surface area contributed by atoms with Crippen LogP contribution in [0.2, 0.25) is 0 Å². The third-order valence-electron chi connectivity index (χ3n) is 5.56. The minimum atomic E-state index is -0.913. The predicted octanol–water partition coefficient (Wildman–Crippen LogP) is 3.38. The van der Waals surface area contributed by atoms with Crippen LogP contribution >= 0.6 is 0 Å². The van der Waals surface area contributed by atoms with Crippen LogP contribution in [0.25, 0.3) is 28.1 Å². The molecule has 0 amide bonds. The van der Waals surface area contributed by atoms with Gasteiger partial charge in [-0.15, -0.1) is 0 Å². The van der Waals surface area contributed by atoms with Gasteiger partial charge in [0.25, 0.3) is 0 Å². The van der Waals surface area contributed by atoms with E-state index in [1.165, 1.54) is 0 Å². The summed E-state index contributed by atoms with van der Waals surface area (Å²) in [6.07, 6.45) is -0.354. The number of anilines is 2. The fraction of sp³-hybridized carbons (Fsp3) is 0.391. The third-order valence-corrected chi connectivity index (χ3v) is 5.56. The van der Waals surface area contributed by atoms with Gasteiger partial charge in [-0.1, -0.05) is 12.1 Å². The Morgan fingerprint density at radius 1 is 1.16 bits per heavy atom. The van der Waals surface area contributed by atoms with Gasteiger partial charge in [0.05, 0.1) is 28.9 Å². The van der Waals surface area contributed by atoms with Crippen molar-refractivity contribution in [1.82, 2.24) is 24.6 Å². The molecule has 8 nitrogen and oxygen atoms in total. The second kappa shape index (κ2) is 7.67. The Hall–Kier alpha value is -3.33. The van der Waals surface area contributed by atoms with Gasteiger partial charge in [0.2, 0.25) is 0 Å². The summed E-state index contributed by atoms with van der Waals surface area (Å²) in [5, 5.41) is 18.2. The van der Waals surface area contributed by atoms with Crippen molar-refractivity contribution in [3.05, 3.63) is 42.1 Å². The molecule has 3 aromatic heterocycles. The number of benzene rings is 1. The molecule has 1 aliphatic heterocycles. The molecule has 0 bridgehead atoms. The number of fused-ring (bicyclic) bond motifs is 2. The number of nitrogens with one attached hydrogen (secondary N) is 1. The Morgan fingerprint density at radius 2 is 1.91 bits per heavy atom. The molecule has 0 radical (unpaired) electrons. The van der Waals surface area contributed by atoms with E-state index < -0.39 is 11.8 Å². The highest BCUT2D eigenvalue weighted by molar-refractivity contribution is 5.78. The molecule has 4 heterocycles. The number of hydrogen-bond donors (Lipinski definition) is 2. The van der Waals surface area contributed by atoms with E-state index in [2.05, 4.69) is 10.3 Å². The van der Waals surface area contributed by atoms with Crippen LogP contribution in [0.1, 0.15) is 26.0 Å². The molecule has 32 heavy (non-hydrogen) atoms. The predicted molar refractivity (Wildman–Crippen MR) is 123 cm³/mol. The SMILES string of the molecule is Cc1nc2ccccc2nc1-c1cc2nc(N3CC[C@H](F)C3)cc(NCC(C)(C)O)n2n1. The Kier molecular flexibility index (Phi) is 4.93. The van der Waals surface area contributed by atoms with Crippen molar-refractivity contribution in [2.45, 2.75) is 39.0 Å². The summed E-state index contributed by atoms with van der Waals surface area (Å²) in [7, 11) is 0. The van der Waals surface area contributed by atoms with Gasteiger partial charge in [0.15, 0.2) is 5.65 Å². The van der Waals surface area contributed by atoms with E-state index in [1.807, 2.05) is 48.2 Å². The molecule has 0 spiro atoms. The van der Waals surface area contributed by atoms with Gasteiger partial charge in [0.1, 0.15) is 29.2 Å². The standard InChI is InChI=1S/C23H26FN7O/c1-14-22(27-17-7-5-4-6-16(17)26-14)18-10-21-28-20(30-9-8-15(24)12-30)11-19(31(21)29-18)25-13-23(2,3)32/h4-7,10-11,15,25,32H,8-9,12-13H2,1-3H3/t15-/m0/s1. The maximum atomic E-state index is 13.8. The lowest BCUT2D eigenvalue weighted by atomic mass is 10.1. The van der Waals surface area contributed by atoms with Crippen LogP contribution in [0.4, 0.5) is 16.0 Å². The van der Waals surface area contributed by atoms with Gasteiger partial charge >= 0.3 is 0 Å². The maximum absolute atomic E-state index is 13.8. The summed E-state index contributed by atoms with van der Waals surface area (Å²) in [6, 6.07) is 11.5. The van der Waals surface area contributed by atoms with Crippen LogP contribution < -0.4 is 10.2 Å². The molecule has 1 aliphatic rings. The number of alkyl halides is 1. The van der Waals surface area contributed by atoms with Crippen LogP contribution in [0.5, 0.6) is 0 Å². The summed E-state index contributed by atoms with van der Waals surface area (Å²) < 4.78 is 15.5. The van der Waals surface area contributed by atoms with Gasteiger partial charge in [0, 0.05) is 25.2 Å². The number of aromatic nitrogens is 5. The minimum absolute atomic E-state index is 0.321. The number of aryl methyl sites for hydroxylation is 1. The smallest absolute Gasteiger partial charge is 0.160 e. The second-order valence-electron chi connectivity index (χ2n) is 8.94. The lowest BCUT2D eigenvalue weighted by Crippen LogP contribution is -2.30. The fourth-order valence-electron chi connectivity index (χ4n) is 3.93. The van der Waals surface area contributed by atoms with Crippen LogP contribution in [0.3, 0.4) is 0 Å². The summed E-state index contributed by atoms with van der Waals surface area (Å²) in [6.45, 7) is 6.64. The normalized spacial score (nSPS) is 16.9. The highest BCUT2D eigenvalue weighted by Gasteiger charge is 2.25. The lowest BCUT2D eigenvalue weighted by molar-refractivity contribution is 0.0944. The van der Waals surface area contributed by atoms with Crippen molar-refractivity contribution >= 4 is 28.3 Å². The molecule has 2 N–H and O–H groups in total. The van der Waals surface area contributed by atoms with Crippen molar-refractivity contribution in [3.8, 4) is 11.4 Å². The van der Waals surface area contributed by atoms with Crippen molar-refractivity contribution in [3.63, 3.8) is 0 Å². The average Bonchev–Trinajstić information content (AvgIpc) is 3.37. The number of nitrogens with zero attached hydrogens (tertiary/aromatic N) is 6. The second-order valence-corrected chi connectivity index (χ2v) is 8.94. The first-order valence-electron chi connectivity index (χ1n) is 10.8. The van der Waals surface area contributed by atoms with E-state index in [1.54, 1.807) is 18.4 Å². The Bertz CT molecular complexity index is 1300. The molecule has 166 valence electrons. The molecule has 0 aliphatic carbocycles. The fourth-order valence-corrected chi connectivity index (χ4v) is 3.93. The minimum Gasteiger partial charge on any atom is -0.389 e. The van der Waals surface area contributed by atoms with Gasteiger partial charge < -0.3 is 15.3 Å². The molecule has 4 aromatic rings. The monoisotopic (exact) mass is 435 g/mol. The van der Waals surface area contributed by atoms with Gasteiger partial charge in [-0.05, 0) is 39.3 Å². The van der Waals surface area contributed by atoms with Crippen LogP contribution in [-0.2, 0) is 0 Å². The van der Waals surface area contributed by atoms with Crippen molar-refractivity contribution in [2.24, 2.45) is 0 Å². The molecular weight excluding hydrogens is 409 g/mol. The molecule has 1 aromatic carbocycles. The number of rotatable bonds is 5. The van der Waals surface area contributed by atoms with Crippen LogP contribution in [-0.4, -0.2) is 61.1 Å². The van der Waals surface area contributed by atoms with Crippen molar-refractivity contribution in [2.75, 3.05) is 29.9 Å². The highest BCUT2D eigenvalue weighted by Crippen LogP contribution is 2.28. The van der Waals surface area contributed by atoms with E-state index in [-0.39, 0.29) is 0 Å². The van der Waals surface area contributed by atoms with E-state index in [0.29, 0.717) is 54.7 Å². The first-order chi connectivity index (χ1) is 15.3. The van der Waals surface area contributed by atoms with Gasteiger partial charge in [-0.25, -0.2) is 19.3 Å². The molecule has 0 unspecified atom stereocenters. The highest BCUT2D eigenvalue weighted by atomic mass is 19.1. The van der Waals surface area contributed by atoms with Crippen LogP contribution in [0, 0.1) is 6.92 Å². The van der Waals surface area contributed by atoms with Gasteiger partial charge in [-0.2, -0.15) is 9.61 Å². The maximum Gasteiger partial charge on any atom is 0.160 e. The number of halogens is 1. The molecular formula is C23H26FN7O. The van der Waals surface area contributed by atoms with Crippen LogP contribution in [0.15, 0.2) is 36.4 Å². The zero-order chi connectivity index (χ0) is 22.5. The molecule has 5 rings (SSSR count). The van der Waals surface area contributed by atoms with Gasteiger partial charge in [-0.3, -0.25) is 0 Å².